The highest BCUT2D eigenvalue weighted by Crippen LogP contribution is 2.36. The molecular formula is C22H22FN3O6S. The zero-order chi connectivity index (χ0) is 27.6. The number of aromatic nitrogens is 1. The van der Waals surface area contributed by atoms with Crippen LogP contribution in [0, 0.1) is 0 Å². The molecule has 0 spiro atoms. The molecule has 1 atom stereocenters. The number of carbonyl (C=O) groups excluding carboxylic acids is 1. The minimum Gasteiger partial charge on any atom is -0.484 e. The molecule has 0 aliphatic carbocycles. The number of amides is 1. The lowest BCUT2D eigenvalue weighted by Crippen LogP contribution is -2.47. The third kappa shape index (κ3) is 3.65. The van der Waals surface area contributed by atoms with Crippen LogP contribution in [0.5, 0.6) is 11.6 Å². The van der Waals surface area contributed by atoms with E-state index in [1.165, 1.54) is 16.6 Å². The average Bonchev–Trinajstić information content (AvgIpc) is 3.50. The van der Waals surface area contributed by atoms with Crippen LogP contribution in [0.4, 0.5) is 4.39 Å². The molecule has 2 aromatic rings. The maximum absolute atomic E-state index is 16.1. The largest absolute Gasteiger partial charge is 0.484 e. The summed E-state index contributed by atoms with van der Waals surface area (Å²) in [6, 6.07) is -2.94. The van der Waals surface area contributed by atoms with E-state index in [0.29, 0.717) is 17.8 Å². The zero-order valence-corrected chi connectivity index (χ0v) is 18.0. The number of rotatable bonds is 5. The van der Waals surface area contributed by atoms with Gasteiger partial charge in [-0.2, -0.15) is 4.31 Å². The van der Waals surface area contributed by atoms with Crippen LogP contribution in [0.25, 0.3) is 0 Å². The number of hydrogen-bond donors (Lipinski definition) is 1. The van der Waals surface area contributed by atoms with Crippen molar-refractivity contribution in [1.29, 1.82) is 0 Å². The molecule has 0 saturated heterocycles. The molecule has 3 aliphatic rings. The molecule has 9 nitrogen and oxygen atoms in total. The molecule has 1 amide bonds. The number of alkyl halides is 1. The van der Waals surface area contributed by atoms with Gasteiger partial charge in [0.1, 0.15) is 18.1 Å². The number of pyridine rings is 1. The molecule has 0 fully saturated rings. The van der Waals surface area contributed by atoms with Crippen LogP contribution in [-0.4, -0.2) is 79.6 Å². The molecule has 0 unspecified atom stereocenters. The van der Waals surface area contributed by atoms with Crippen molar-refractivity contribution in [3.05, 3.63) is 59.2 Å². The fraction of sp³-hybridized carbons (Fsp3) is 0.364. The van der Waals surface area contributed by atoms with Crippen molar-refractivity contribution in [2.45, 2.75) is 10.6 Å². The van der Waals surface area contributed by atoms with Crippen LogP contribution in [0.2, 0.25) is 0 Å². The zero-order valence-electron chi connectivity index (χ0n) is 22.2. The third-order valence-electron chi connectivity index (χ3n) is 5.75. The number of carbonyl (C=O) groups is 1. The van der Waals surface area contributed by atoms with Crippen LogP contribution in [0.1, 0.15) is 12.4 Å². The Morgan fingerprint density at radius 3 is 2.48 bits per heavy atom. The SMILES string of the molecule is [2H]c1c([2H])c([2H])c([C@@](F)(CO)C(=O)N2CC3=C(C2)CN(S(=O)(=O)c2cnc4c(c2)OCCO4)C3)c([2H])c1[2H]. The second-order valence-corrected chi connectivity index (χ2v) is 9.71. The summed E-state index contributed by atoms with van der Waals surface area (Å²) < 4.78 is 93.7. The summed E-state index contributed by atoms with van der Waals surface area (Å²) in [6.07, 6.45) is 1.17. The first kappa shape index (κ1) is 16.6. The van der Waals surface area contributed by atoms with Gasteiger partial charge >= 0.3 is 0 Å². The Morgan fingerprint density at radius 2 is 1.82 bits per heavy atom. The molecule has 1 aromatic heterocycles. The van der Waals surface area contributed by atoms with Crippen LogP contribution in [0.15, 0.2) is 58.5 Å². The molecule has 174 valence electrons. The number of aliphatic hydroxyl groups is 1. The minimum absolute atomic E-state index is 0.0665. The number of hydrogen-bond acceptors (Lipinski definition) is 7. The van der Waals surface area contributed by atoms with Gasteiger partial charge in [0.25, 0.3) is 11.8 Å². The van der Waals surface area contributed by atoms with E-state index in [4.69, 9.17) is 16.3 Å². The highest BCUT2D eigenvalue weighted by Gasteiger charge is 2.46. The van der Waals surface area contributed by atoms with Gasteiger partial charge in [-0.3, -0.25) is 4.79 Å². The highest BCUT2D eigenvalue weighted by molar-refractivity contribution is 7.89. The van der Waals surface area contributed by atoms with Crippen LogP contribution >= 0.6 is 0 Å². The first-order valence-corrected chi connectivity index (χ1v) is 11.5. The van der Waals surface area contributed by atoms with Gasteiger partial charge in [0.2, 0.25) is 15.7 Å². The minimum atomic E-state index is -3.99. The Bertz CT molecular complexity index is 1460. The molecule has 5 rings (SSSR count). The molecule has 1 N–H and O–H groups in total. The molecule has 3 aliphatic heterocycles. The first-order chi connectivity index (χ1) is 17.9. The molecular weight excluding hydrogens is 453 g/mol. The van der Waals surface area contributed by atoms with Gasteiger partial charge in [0.05, 0.1) is 19.7 Å². The van der Waals surface area contributed by atoms with Crippen molar-refractivity contribution < 1.29 is 39.0 Å². The fourth-order valence-corrected chi connectivity index (χ4v) is 5.41. The molecule has 33 heavy (non-hydrogen) atoms. The van der Waals surface area contributed by atoms with Crippen molar-refractivity contribution in [2.75, 3.05) is 46.0 Å². The summed E-state index contributed by atoms with van der Waals surface area (Å²) in [5, 5.41) is 9.85. The van der Waals surface area contributed by atoms with E-state index >= 15 is 4.39 Å². The van der Waals surface area contributed by atoms with Gasteiger partial charge in [-0.1, -0.05) is 30.2 Å². The van der Waals surface area contributed by atoms with Crippen molar-refractivity contribution in [2.24, 2.45) is 0 Å². The van der Waals surface area contributed by atoms with Crippen LogP contribution < -0.4 is 9.47 Å². The average molecular weight is 481 g/mol. The summed E-state index contributed by atoms with van der Waals surface area (Å²) in [5.41, 5.74) is -3.11. The van der Waals surface area contributed by atoms with E-state index in [9.17, 15) is 18.3 Å². The number of fused-ring (bicyclic) bond motifs is 1. The predicted octanol–water partition coefficient (Wildman–Crippen LogP) is 0.853. The van der Waals surface area contributed by atoms with Gasteiger partial charge in [-0.05, 0) is 11.1 Å². The van der Waals surface area contributed by atoms with Crippen LogP contribution in [0.3, 0.4) is 0 Å². The third-order valence-corrected chi connectivity index (χ3v) is 7.51. The number of aliphatic hydroxyl groups excluding tert-OH is 1. The van der Waals surface area contributed by atoms with Crippen molar-refractivity contribution in [1.82, 2.24) is 14.2 Å². The molecule has 0 saturated carbocycles. The lowest BCUT2D eigenvalue weighted by Gasteiger charge is -2.29. The van der Waals surface area contributed by atoms with Gasteiger partial charge < -0.3 is 19.5 Å². The molecule has 0 radical (unpaired) electrons. The first-order valence-electron chi connectivity index (χ1n) is 12.5. The lowest BCUT2D eigenvalue weighted by atomic mass is 9.95. The van der Waals surface area contributed by atoms with E-state index < -0.39 is 64.0 Å². The standard InChI is InChI=1S/C22H22FN3O6S/c23-22(14-27,17-4-2-1-3-5-17)21(28)25-10-15-12-26(13-16(15)11-25)33(29,30)18-8-19-20(24-9-18)32-7-6-31-19/h1-5,8-9,27H,6-7,10-14H2/t22-/m0/s1/i1D,2D,3D,4D,5D. The maximum atomic E-state index is 16.1. The number of nitrogens with zero attached hydrogens (tertiary/aromatic N) is 3. The Morgan fingerprint density at radius 1 is 1.15 bits per heavy atom. The predicted molar refractivity (Wildman–Crippen MR) is 114 cm³/mol. The van der Waals surface area contributed by atoms with E-state index in [1.807, 2.05) is 0 Å². The topological polar surface area (TPSA) is 109 Å². The van der Waals surface area contributed by atoms with Crippen molar-refractivity contribution in [3.63, 3.8) is 0 Å². The van der Waals surface area contributed by atoms with Crippen molar-refractivity contribution in [3.8, 4) is 11.6 Å². The smallest absolute Gasteiger partial charge is 0.267 e. The maximum Gasteiger partial charge on any atom is 0.267 e. The van der Waals surface area contributed by atoms with Gasteiger partial charge in [-0.25, -0.2) is 17.8 Å². The Hall–Kier alpha value is -3.02. The monoisotopic (exact) mass is 480 g/mol. The Labute approximate surface area is 197 Å². The van der Waals surface area contributed by atoms with Gasteiger partial charge in [-0.15, -0.1) is 0 Å². The molecule has 11 heteroatoms. The number of sulfonamides is 1. The summed E-state index contributed by atoms with van der Waals surface area (Å²) in [4.78, 5) is 18.2. The normalized spacial score (nSPS) is 22.1. The number of benzene rings is 1. The number of halogens is 1. The molecule has 4 heterocycles. The summed E-state index contributed by atoms with van der Waals surface area (Å²) in [5.74, 6) is -0.868. The fourth-order valence-electron chi connectivity index (χ4n) is 4.02. The van der Waals surface area contributed by atoms with E-state index in [0.717, 1.165) is 4.90 Å². The quantitative estimate of drug-likeness (QED) is 0.632. The second-order valence-electron chi connectivity index (χ2n) is 7.77. The molecule has 1 aromatic carbocycles. The Balaban J connectivity index is 1.35. The van der Waals surface area contributed by atoms with E-state index in [-0.39, 0.29) is 49.3 Å². The lowest BCUT2D eigenvalue weighted by molar-refractivity contribution is -0.146. The van der Waals surface area contributed by atoms with Gasteiger partial charge in [0.15, 0.2) is 5.75 Å². The summed E-state index contributed by atoms with van der Waals surface area (Å²) in [6.45, 7) is -1.32. The summed E-state index contributed by atoms with van der Waals surface area (Å²) in [7, 11) is -3.99. The summed E-state index contributed by atoms with van der Waals surface area (Å²) >= 11 is 0. The van der Waals surface area contributed by atoms with Gasteiger partial charge in [0, 0.05) is 37.8 Å². The van der Waals surface area contributed by atoms with Crippen LogP contribution in [-0.2, 0) is 20.5 Å². The van der Waals surface area contributed by atoms with Crippen molar-refractivity contribution >= 4 is 15.9 Å². The molecule has 0 bridgehead atoms. The number of ether oxygens (including phenoxy) is 2. The highest BCUT2D eigenvalue weighted by atomic mass is 32.2. The van der Waals surface area contributed by atoms with E-state index in [2.05, 4.69) is 4.98 Å². The Kier molecular flexibility index (Phi) is 4.06. The van der Waals surface area contributed by atoms with E-state index in [1.54, 1.807) is 0 Å². The second kappa shape index (κ2) is 8.08.